The third-order valence-corrected chi connectivity index (χ3v) is 4.16. The van der Waals surface area contributed by atoms with E-state index in [0.29, 0.717) is 0 Å². The van der Waals surface area contributed by atoms with Crippen molar-refractivity contribution in [2.24, 2.45) is 5.73 Å². The quantitative estimate of drug-likeness (QED) is 0.849. The lowest BCUT2D eigenvalue weighted by atomic mass is 9.95. The van der Waals surface area contributed by atoms with Crippen LogP contribution in [0.2, 0.25) is 0 Å². The second-order valence-corrected chi connectivity index (χ2v) is 6.17. The van der Waals surface area contributed by atoms with Crippen LogP contribution >= 0.6 is 11.3 Å². The zero-order valence-electron chi connectivity index (χ0n) is 10.9. The van der Waals surface area contributed by atoms with Gasteiger partial charge in [-0.2, -0.15) is 0 Å². The normalized spacial score (nSPS) is 12.8. The van der Waals surface area contributed by atoms with E-state index in [2.05, 4.69) is 52.0 Å². The van der Waals surface area contributed by atoms with Crippen LogP contribution in [-0.2, 0) is 0 Å². The molecule has 1 heterocycles. The molecule has 0 saturated heterocycles. The first-order valence-corrected chi connectivity index (χ1v) is 6.70. The molecular formula is C15H19NS. The summed E-state index contributed by atoms with van der Waals surface area (Å²) in [6, 6.07) is 8.70. The number of rotatable bonds is 2. The molecule has 2 aromatic rings. The highest BCUT2D eigenvalue weighted by Gasteiger charge is 2.15. The Labute approximate surface area is 107 Å². The van der Waals surface area contributed by atoms with Gasteiger partial charge in [-0.25, -0.2) is 0 Å². The van der Waals surface area contributed by atoms with Gasteiger partial charge in [-0.15, -0.1) is 11.3 Å². The Balaban J connectivity index is 2.43. The molecule has 0 spiro atoms. The molecule has 1 atom stereocenters. The third-order valence-electron chi connectivity index (χ3n) is 3.17. The SMILES string of the molecule is Cc1ccc(C(N)c2cc(C)sc2C)c(C)c1. The summed E-state index contributed by atoms with van der Waals surface area (Å²) in [4.78, 5) is 2.66. The minimum Gasteiger partial charge on any atom is -0.320 e. The van der Waals surface area contributed by atoms with Crippen molar-refractivity contribution in [3.8, 4) is 0 Å². The minimum atomic E-state index is 0.000509. The number of thiophene rings is 1. The Hall–Kier alpha value is -1.12. The second kappa shape index (κ2) is 4.63. The van der Waals surface area contributed by atoms with Gasteiger partial charge in [-0.3, -0.25) is 0 Å². The van der Waals surface area contributed by atoms with E-state index in [1.807, 2.05) is 11.3 Å². The molecule has 90 valence electrons. The Kier molecular flexibility index (Phi) is 3.36. The van der Waals surface area contributed by atoms with E-state index >= 15 is 0 Å². The van der Waals surface area contributed by atoms with Gasteiger partial charge in [0.05, 0.1) is 6.04 Å². The van der Waals surface area contributed by atoms with Crippen molar-refractivity contribution in [2.45, 2.75) is 33.7 Å². The molecule has 2 heteroatoms. The zero-order chi connectivity index (χ0) is 12.6. The molecule has 1 aromatic heterocycles. The second-order valence-electron chi connectivity index (χ2n) is 4.71. The van der Waals surface area contributed by atoms with Gasteiger partial charge in [0.2, 0.25) is 0 Å². The molecule has 0 bridgehead atoms. The summed E-state index contributed by atoms with van der Waals surface area (Å²) in [7, 11) is 0. The maximum absolute atomic E-state index is 6.39. The van der Waals surface area contributed by atoms with E-state index < -0.39 is 0 Å². The van der Waals surface area contributed by atoms with Crippen LogP contribution in [0.25, 0.3) is 0 Å². The van der Waals surface area contributed by atoms with Crippen LogP contribution in [-0.4, -0.2) is 0 Å². The predicted molar refractivity (Wildman–Crippen MR) is 75.7 cm³/mol. The van der Waals surface area contributed by atoms with E-state index in [1.54, 1.807) is 0 Å². The van der Waals surface area contributed by atoms with E-state index in [9.17, 15) is 0 Å². The Morgan fingerprint density at radius 3 is 2.24 bits per heavy atom. The first-order chi connectivity index (χ1) is 7.99. The lowest BCUT2D eigenvalue weighted by Gasteiger charge is -2.15. The summed E-state index contributed by atoms with van der Waals surface area (Å²) in [6.45, 7) is 8.53. The molecule has 0 fully saturated rings. The van der Waals surface area contributed by atoms with Crippen molar-refractivity contribution in [3.63, 3.8) is 0 Å². The lowest BCUT2D eigenvalue weighted by Crippen LogP contribution is -2.13. The largest absolute Gasteiger partial charge is 0.320 e. The van der Waals surface area contributed by atoms with Crippen molar-refractivity contribution in [3.05, 3.63) is 56.3 Å². The summed E-state index contributed by atoms with van der Waals surface area (Å²) in [5, 5.41) is 0. The van der Waals surface area contributed by atoms with Crippen molar-refractivity contribution in [1.82, 2.24) is 0 Å². The number of hydrogen-bond donors (Lipinski definition) is 1. The van der Waals surface area contributed by atoms with E-state index in [1.165, 1.54) is 32.0 Å². The fourth-order valence-corrected chi connectivity index (χ4v) is 3.27. The molecule has 1 unspecified atom stereocenters. The highest BCUT2D eigenvalue weighted by atomic mass is 32.1. The van der Waals surface area contributed by atoms with Gasteiger partial charge >= 0.3 is 0 Å². The third kappa shape index (κ3) is 2.43. The first kappa shape index (κ1) is 12.3. The van der Waals surface area contributed by atoms with Crippen molar-refractivity contribution >= 4 is 11.3 Å². The van der Waals surface area contributed by atoms with Crippen molar-refractivity contribution in [1.29, 1.82) is 0 Å². The first-order valence-electron chi connectivity index (χ1n) is 5.88. The van der Waals surface area contributed by atoms with Gasteiger partial charge in [0, 0.05) is 9.75 Å². The maximum Gasteiger partial charge on any atom is 0.0565 e. The van der Waals surface area contributed by atoms with Crippen LogP contribution in [0.5, 0.6) is 0 Å². The lowest BCUT2D eigenvalue weighted by molar-refractivity contribution is 0.858. The zero-order valence-corrected chi connectivity index (χ0v) is 11.7. The fraction of sp³-hybridized carbons (Fsp3) is 0.333. The van der Waals surface area contributed by atoms with Gasteiger partial charge in [0.25, 0.3) is 0 Å². The minimum absolute atomic E-state index is 0.000509. The van der Waals surface area contributed by atoms with Crippen molar-refractivity contribution < 1.29 is 0 Å². The summed E-state index contributed by atoms with van der Waals surface area (Å²) in [6.07, 6.45) is 0. The molecule has 17 heavy (non-hydrogen) atoms. The molecular weight excluding hydrogens is 226 g/mol. The number of hydrogen-bond acceptors (Lipinski definition) is 2. The summed E-state index contributed by atoms with van der Waals surface area (Å²) < 4.78 is 0. The summed E-state index contributed by atoms with van der Waals surface area (Å²) >= 11 is 1.82. The number of aryl methyl sites for hydroxylation is 4. The van der Waals surface area contributed by atoms with Gasteiger partial charge in [0.1, 0.15) is 0 Å². The Morgan fingerprint density at radius 2 is 1.71 bits per heavy atom. The fourth-order valence-electron chi connectivity index (χ4n) is 2.30. The number of benzene rings is 1. The van der Waals surface area contributed by atoms with Crippen LogP contribution in [0.15, 0.2) is 24.3 Å². The molecule has 1 nitrogen and oxygen atoms in total. The van der Waals surface area contributed by atoms with E-state index in [0.717, 1.165) is 0 Å². The molecule has 2 N–H and O–H groups in total. The predicted octanol–water partition coefficient (Wildman–Crippen LogP) is 4.03. The van der Waals surface area contributed by atoms with Crippen LogP contribution < -0.4 is 5.73 Å². The maximum atomic E-state index is 6.39. The highest BCUT2D eigenvalue weighted by molar-refractivity contribution is 7.12. The van der Waals surface area contributed by atoms with Crippen LogP contribution in [0.1, 0.15) is 38.0 Å². The number of nitrogens with two attached hydrogens (primary N) is 1. The summed E-state index contributed by atoms with van der Waals surface area (Å²) in [5.74, 6) is 0. The topological polar surface area (TPSA) is 26.0 Å². The van der Waals surface area contributed by atoms with Crippen molar-refractivity contribution in [2.75, 3.05) is 0 Å². The van der Waals surface area contributed by atoms with Crippen LogP contribution in [0.3, 0.4) is 0 Å². The van der Waals surface area contributed by atoms with Gasteiger partial charge < -0.3 is 5.73 Å². The Morgan fingerprint density at radius 1 is 1.00 bits per heavy atom. The standard InChI is InChI=1S/C15H19NS/c1-9-5-6-13(10(2)7-9)15(16)14-8-11(3)17-12(14)4/h5-8,15H,16H2,1-4H3. The molecule has 0 saturated carbocycles. The highest BCUT2D eigenvalue weighted by Crippen LogP contribution is 2.30. The molecule has 1 aromatic carbocycles. The van der Waals surface area contributed by atoms with E-state index in [4.69, 9.17) is 5.73 Å². The molecule has 2 rings (SSSR count). The molecule has 0 aliphatic carbocycles. The molecule has 0 amide bonds. The average molecular weight is 245 g/mol. The monoisotopic (exact) mass is 245 g/mol. The summed E-state index contributed by atoms with van der Waals surface area (Å²) in [5.41, 5.74) is 11.5. The Bertz CT molecular complexity index is 540. The van der Waals surface area contributed by atoms with Crippen LogP contribution in [0.4, 0.5) is 0 Å². The van der Waals surface area contributed by atoms with Gasteiger partial charge in [-0.05, 0) is 50.5 Å². The van der Waals surface area contributed by atoms with E-state index in [-0.39, 0.29) is 6.04 Å². The average Bonchev–Trinajstić information content (AvgIpc) is 2.57. The molecule has 0 radical (unpaired) electrons. The molecule has 0 aliphatic heterocycles. The molecule has 0 aliphatic rings. The van der Waals surface area contributed by atoms with Crippen LogP contribution in [0, 0.1) is 27.7 Å². The smallest absolute Gasteiger partial charge is 0.0565 e. The van der Waals surface area contributed by atoms with Gasteiger partial charge in [-0.1, -0.05) is 23.8 Å². The van der Waals surface area contributed by atoms with Gasteiger partial charge in [0.15, 0.2) is 0 Å².